The summed E-state index contributed by atoms with van der Waals surface area (Å²) in [5.74, 6) is 0. The molecule has 1 aromatic heterocycles. The van der Waals surface area contributed by atoms with Crippen molar-refractivity contribution in [3.63, 3.8) is 0 Å². The first-order chi connectivity index (χ1) is 7.29. The molecule has 0 aliphatic rings. The van der Waals surface area contributed by atoms with Crippen molar-refractivity contribution in [3.8, 4) is 0 Å². The number of hydrogen-bond acceptors (Lipinski definition) is 3. The average molecular weight is 339 g/mol. The summed E-state index contributed by atoms with van der Waals surface area (Å²) in [5.41, 5.74) is 5.65. The maximum absolute atomic E-state index is 11.8. The molecule has 0 aromatic carbocycles. The van der Waals surface area contributed by atoms with Crippen LogP contribution < -0.4 is 5.73 Å². The van der Waals surface area contributed by atoms with Gasteiger partial charge in [-0.2, -0.15) is 13.2 Å². The van der Waals surface area contributed by atoms with Gasteiger partial charge in [-0.1, -0.05) is 11.6 Å². The third kappa shape index (κ3) is 4.58. The molecule has 0 fully saturated rings. The summed E-state index contributed by atoms with van der Waals surface area (Å²) in [4.78, 5) is 0.680. The molecule has 8 heteroatoms. The Hall–Kier alpha value is 0.180. The zero-order chi connectivity index (χ0) is 12.3. The lowest BCUT2D eigenvalue weighted by atomic mass is 10.3. The van der Waals surface area contributed by atoms with Gasteiger partial charge in [0.25, 0.3) is 0 Å². The van der Waals surface area contributed by atoms with Gasteiger partial charge in [0.15, 0.2) is 0 Å². The van der Waals surface area contributed by atoms with Crippen LogP contribution in [0.1, 0.15) is 10.9 Å². The minimum Gasteiger partial charge on any atom is -0.370 e. The zero-order valence-corrected chi connectivity index (χ0v) is 11.0. The number of hydrogen-bond donors (Lipinski definition) is 1. The van der Waals surface area contributed by atoms with Crippen LogP contribution in [-0.2, 0) is 4.74 Å². The lowest BCUT2D eigenvalue weighted by Crippen LogP contribution is -2.22. The third-order valence-electron chi connectivity index (χ3n) is 1.59. The second-order valence-electron chi connectivity index (χ2n) is 3.01. The first-order valence-electron chi connectivity index (χ1n) is 4.14. The second kappa shape index (κ2) is 5.68. The van der Waals surface area contributed by atoms with Gasteiger partial charge in [0.05, 0.1) is 21.5 Å². The highest BCUT2D eigenvalue weighted by molar-refractivity contribution is 9.11. The van der Waals surface area contributed by atoms with E-state index in [1.807, 2.05) is 0 Å². The van der Waals surface area contributed by atoms with Crippen LogP contribution in [-0.4, -0.2) is 19.4 Å². The van der Waals surface area contributed by atoms with Gasteiger partial charge in [-0.25, -0.2) is 0 Å². The predicted molar refractivity (Wildman–Crippen MR) is 60.8 cm³/mol. The zero-order valence-electron chi connectivity index (χ0n) is 7.85. The highest BCUT2D eigenvalue weighted by Crippen LogP contribution is 2.34. The van der Waals surface area contributed by atoms with Gasteiger partial charge in [-0.05, 0) is 22.0 Å². The minimum atomic E-state index is -4.33. The summed E-state index contributed by atoms with van der Waals surface area (Å²) in [7, 11) is 0. The molecule has 1 aromatic rings. The minimum absolute atomic E-state index is 0.192. The summed E-state index contributed by atoms with van der Waals surface area (Å²) in [5, 5.41) is 0.492. The Balaban J connectivity index is 2.44. The molecule has 2 N–H and O–H groups in total. The second-order valence-corrected chi connectivity index (χ2v) is 5.82. The van der Waals surface area contributed by atoms with Gasteiger partial charge in [0, 0.05) is 4.88 Å². The van der Waals surface area contributed by atoms with Crippen LogP contribution >= 0.6 is 38.9 Å². The molecule has 0 saturated carbocycles. The van der Waals surface area contributed by atoms with Gasteiger partial charge in [-0.15, -0.1) is 11.3 Å². The van der Waals surface area contributed by atoms with E-state index in [0.717, 1.165) is 0 Å². The Bertz CT molecular complexity index is 338. The van der Waals surface area contributed by atoms with Crippen LogP contribution in [0.2, 0.25) is 5.02 Å². The van der Waals surface area contributed by atoms with E-state index in [-0.39, 0.29) is 6.61 Å². The van der Waals surface area contributed by atoms with Crippen molar-refractivity contribution in [2.24, 2.45) is 5.73 Å². The van der Waals surface area contributed by atoms with Crippen LogP contribution in [0.3, 0.4) is 0 Å². The number of ether oxygens (including phenoxy) is 1. The normalized spacial score (nSPS) is 14.1. The predicted octanol–water partition coefficient (Wildman–Crippen LogP) is 3.74. The molecule has 0 spiro atoms. The van der Waals surface area contributed by atoms with Gasteiger partial charge in [0.2, 0.25) is 0 Å². The Kier molecular flexibility index (Phi) is 5.06. The van der Waals surface area contributed by atoms with Gasteiger partial charge in [0.1, 0.15) is 6.61 Å². The van der Waals surface area contributed by atoms with Crippen LogP contribution in [0.4, 0.5) is 13.2 Å². The van der Waals surface area contributed by atoms with E-state index in [0.29, 0.717) is 13.7 Å². The molecule has 16 heavy (non-hydrogen) atoms. The Morgan fingerprint density at radius 2 is 2.19 bits per heavy atom. The van der Waals surface area contributed by atoms with E-state index in [9.17, 15) is 13.2 Å². The van der Waals surface area contributed by atoms with Crippen LogP contribution in [0.25, 0.3) is 0 Å². The largest absolute Gasteiger partial charge is 0.411 e. The lowest BCUT2D eigenvalue weighted by molar-refractivity contribution is -0.174. The molecule has 0 radical (unpaired) electrons. The maximum Gasteiger partial charge on any atom is 0.411 e. The molecule has 0 saturated heterocycles. The highest BCUT2D eigenvalue weighted by Gasteiger charge is 2.27. The molecule has 0 amide bonds. The van der Waals surface area contributed by atoms with Crippen molar-refractivity contribution < 1.29 is 17.9 Å². The number of thiophene rings is 1. The van der Waals surface area contributed by atoms with Crippen molar-refractivity contribution in [3.05, 3.63) is 19.8 Å². The first-order valence-corrected chi connectivity index (χ1v) is 6.13. The highest BCUT2D eigenvalue weighted by atomic mass is 79.9. The van der Waals surface area contributed by atoms with Gasteiger partial charge >= 0.3 is 6.18 Å². The Morgan fingerprint density at radius 1 is 1.56 bits per heavy atom. The van der Waals surface area contributed by atoms with Crippen molar-refractivity contribution in [1.29, 1.82) is 0 Å². The summed E-state index contributed by atoms with van der Waals surface area (Å²) < 4.78 is 40.5. The SMILES string of the molecule is NC(COCC(F)(F)F)c1cc(Cl)c(Br)s1. The van der Waals surface area contributed by atoms with E-state index in [4.69, 9.17) is 17.3 Å². The third-order valence-corrected chi connectivity index (χ3v) is 4.20. The van der Waals surface area contributed by atoms with E-state index in [1.54, 1.807) is 6.07 Å². The standard InChI is InChI=1S/C8H8BrClF3NOS/c9-7-4(10)1-6(16-7)5(14)2-15-3-8(11,12)13/h1,5H,2-3,14H2. The molecule has 1 heterocycles. The van der Waals surface area contributed by atoms with Gasteiger partial charge in [-0.3, -0.25) is 0 Å². The number of rotatable bonds is 4. The lowest BCUT2D eigenvalue weighted by Gasteiger charge is -2.11. The monoisotopic (exact) mass is 337 g/mol. The molecule has 2 nitrogen and oxygen atoms in total. The topological polar surface area (TPSA) is 35.2 Å². The van der Waals surface area contributed by atoms with E-state index < -0.39 is 18.8 Å². The quantitative estimate of drug-likeness (QED) is 0.907. The van der Waals surface area contributed by atoms with Crippen LogP contribution in [0.5, 0.6) is 0 Å². The summed E-state index contributed by atoms with van der Waals surface area (Å²) in [6, 6.07) is 1.01. The molecule has 1 atom stereocenters. The summed E-state index contributed by atoms with van der Waals surface area (Å²) in [6.07, 6.45) is -4.33. The summed E-state index contributed by atoms with van der Waals surface area (Å²) in [6.45, 7) is -1.48. The first kappa shape index (κ1) is 14.2. The maximum atomic E-state index is 11.8. The number of nitrogens with two attached hydrogens (primary N) is 1. The van der Waals surface area contributed by atoms with E-state index in [2.05, 4.69) is 20.7 Å². The summed E-state index contributed by atoms with van der Waals surface area (Å²) >= 11 is 10.2. The average Bonchev–Trinajstić information content (AvgIpc) is 2.45. The fourth-order valence-corrected chi connectivity index (χ4v) is 2.66. The smallest absolute Gasteiger partial charge is 0.370 e. The van der Waals surface area contributed by atoms with Crippen LogP contribution in [0.15, 0.2) is 9.85 Å². The van der Waals surface area contributed by atoms with Gasteiger partial charge < -0.3 is 10.5 Å². The molecular formula is C8H8BrClF3NOS. The molecule has 1 unspecified atom stereocenters. The van der Waals surface area contributed by atoms with Crippen molar-refractivity contribution in [2.75, 3.05) is 13.2 Å². The molecule has 0 aliphatic heterocycles. The fraction of sp³-hybridized carbons (Fsp3) is 0.500. The van der Waals surface area contributed by atoms with E-state index in [1.165, 1.54) is 11.3 Å². The van der Waals surface area contributed by atoms with E-state index >= 15 is 0 Å². The molecule has 1 rings (SSSR count). The molecule has 0 aliphatic carbocycles. The Morgan fingerprint density at radius 3 is 2.62 bits per heavy atom. The molecule has 92 valence electrons. The number of halogens is 5. The Labute approximate surface area is 108 Å². The molecular weight excluding hydrogens is 331 g/mol. The van der Waals surface area contributed by atoms with Crippen molar-refractivity contribution in [2.45, 2.75) is 12.2 Å². The number of alkyl halides is 3. The van der Waals surface area contributed by atoms with Crippen molar-refractivity contribution in [1.82, 2.24) is 0 Å². The fourth-order valence-electron chi connectivity index (χ4n) is 0.930. The van der Waals surface area contributed by atoms with Crippen LogP contribution in [0, 0.1) is 0 Å². The van der Waals surface area contributed by atoms with Crippen molar-refractivity contribution >= 4 is 38.9 Å². The molecule has 0 bridgehead atoms.